The zero-order valence-electron chi connectivity index (χ0n) is 11.6. The molecule has 1 amide bonds. The predicted molar refractivity (Wildman–Crippen MR) is 69.5 cm³/mol. The van der Waals surface area contributed by atoms with Gasteiger partial charge in [0.05, 0.1) is 11.8 Å². The van der Waals surface area contributed by atoms with E-state index < -0.39 is 23.2 Å². The Labute approximate surface area is 113 Å². The number of amides is 1. The van der Waals surface area contributed by atoms with Crippen molar-refractivity contribution in [3.63, 3.8) is 0 Å². The van der Waals surface area contributed by atoms with E-state index in [2.05, 4.69) is 0 Å². The summed E-state index contributed by atoms with van der Waals surface area (Å²) in [6.45, 7) is 4.46. The van der Waals surface area contributed by atoms with E-state index >= 15 is 0 Å². The molecule has 0 spiro atoms. The molecule has 3 atom stereocenters. The van der Waals surface area contributed by atoms with Gasteiger partial charge in [-0.25, -0.2) is 0 Å². The molecular formula is C14H23NO4. The van der Waals surface area contributed by atoms with Crippen LogP contribution in [0.4, 0.5) is 0 Å². The molecule has 108 valence electrons. The summed E-state index contributed by atoms with van der Waals surface area (Å²) < 4.78 is 0. The molecule has 0 aromatic carbocycles. The number of hydrogen-bond donors (Lipinski definition) is 2. The van der Waals surface area contributed by atoms with E-state index in [1.807, 2.05) is 18.7 Å². The highest BCUT2D eigenvalue weighted by Gasteiger charge is 2.66. The van der Waals surface area contributed by atoms with Crippen molar-refractivity contribution in [2.75, 3.05) is 13.2 Å². The zero-order valence-corrected chi connectivity index (χ0v) is 11.6. The van der Waals surface area contributed by atoms with Gasteiger partial charge in [0.2, 0.25) is 5.91 Å². The third-order valence-corrected chi connectivity index (χ3v) is 4.73. The summed E-state index contributed by atoms with van der Waals surface area (Å²) in [5.74, 6) is -1.87. The lowest BCUT2D eigenvalue weighted by Crippen LogP contribution is -2.45. The van der Waals surface area contributed by atoms with E-state index in [1.165, 1.54) is 0 Å². The number of aliphatic carboxylic acids is 1. The van der Waals surface area contributed by atoms with Gasteiger partial charge in [0.25, 0.3) is 0 Å². The molecule has 0 radical (unpaired) electrons. The number of piperidine rings is 1. The maximum absolute atomic E-state index is 12.6. The Kier molecular flexibility index (Phi) is 3.85. The molecule has 19 heavy (non-hydrogen) atoms. The molecule has 1 aliphatic carbocycles. The summed E-state index contributed by atoms with van der Waals surface area (Å²) in [5.41, 5.74) is -0.440. The number of carboxylic acids is 1. The van der Waals surface area contributed by atoms with Crippen molar-refractivity contribution in [1.29, 1.82) is 0 Å². The van der Waals surface area contributed by atoms with Gasteiger partial charge in [-0.2, -0.15) is 0 Å². The van der Waals surface area contributed by atoms with Crippen molar-refractivity contribution in [3.8, 4) is 0 Å². The van der Waals surface area contributed by atoms with Gasteiger partial charge >= 0.3 is 5.97 Å². The second-order valence-electron chi connectivity index (χ2n) is 6.31. The average Bonchev–Trinajstić information content (AvgIpc) is 2.93. The Balaban J connectivity index is 2.08. The molecule has 5 nitrogen and oxygen atoms in total. The number of carbonyl (C=O) groups is 2. The van der Waals surface area contributed by atoms with Crippen LogP contribution in [-0.4, -0.2) is 46.2 Å². The van der Waals surface area contributed by atoms with E-state index in [9.17, 15) is 9.59 Å². The first kappa shape index (κ1) is 14.3. The van der Waals surface area contributed by atoms with Crippen LogP contribution in [0.25, 0.3) is 0 Å². The summed E-state index contributed by atoms with van der Waals surface area (Å²) in [5, 5.41) is 18.2. The number of likely N-dealkylation sites (tertiary alicyclic amines) is 1. The molecular weight excluding hydrogens is 246 g/mol. The number of aliphatic hydroxyl groups excluding tert-OH is 1. The second-order valence-corrected chi connectivity index (χ2v) is 6.31. The minimum Gasteiger partial charge on any atom is -0.481 e. The Morgan fingerprint density at radius 1 is 1.26 bits per heavy atom. The lowest BCUT2D eigenvalue weighted by molar-refractivity contribution is -0.143. The highest BCUT2D eigenvalue weighted by Crippen LogP contribution is 2.59. The molecule has 1 saturated carbocycles. The van der Waals surface area contributed by atoms with Crippen LogP contribution in [0, 0.1) is 17.3 Å². The molecule has 2 rings (SSSR count). The minimum atomic E-state index is -0.876. The fourth-order valence-electron chi connectivity index (χ4n) is 3.48. The highest BCUT2D eigenvalue weighted by atomic mass is 16.4. The maximum atomic E-state index is 12.6. The summed E-state index contributed by atoms with van der Waals surface area (Å²) in [7, 11) is 0. The molecule has 2 fully saturated rings. The first-order valence-electron chi connectivity index (χ1n) is 7.05. The fourth-order valence-corrected chi connectivity index (χ4v) is 3.48. The second kappa shape index (κ2) is 5.12. The van der Waals surface area contributed by atoms with Gasteiger partial charge in [-0.1, -0.05) is 13.8 Å². The van der Waals surface area contributed by atoms with Gasteiger partial charge in [0, 0.05) is 19.2 Å². The summed E-state index contributed by atoms with van der Waals surface area (Å²) in [6, 6.07) is 0.0806. The Morgan fingerprint density at radius 2 is 1.95 bits per heavy atom. The number of aliphatic hydroxyl groups is 1. The van der Waals surface area contributed by atoms with E-state index in [0.717, 1.165) is 19.3 Å². The Bertz CT molecular complexity index is 378. The zero-order chi connectivity index (χ0) is 14.2. The van der Waals surface area contributed by atoms with Crippen LogP contribution >= 0.6 is 0 Å². The molecule has 5 heteroatoms. The van der Waals surface area contributed by atoms with Crippen LogP contribution in [0.15, 0.2) is 0 Å². The first-order valence-corrected chi connectivity index (χ1v) is 7.05. The molecule has 0 aromatic heterocycles. The summed E-state index contributed by atoms with van der Waals surface area (Å²) >= 11 is 0. The molecule has 3 unspecified atom stereocenters. The minimum absolute atomic E-state index is 0.0319. The molecule has 1 saturated heterocycles. The third-order valence-electron chi connectivity index (χ3n) is 4.73. The van der Waals surface area contributed by atoms with Crippen LogP contribution < -0.4 is 0 Å². The van der Waals surface area contributed by atoms with Crippen molar-refractivity contribution in [2.45, 2.75) is 45.6 Å². The van der Waals surface area contributed by atoms with Crippen molar-refractivity contribution < 1.29 is 19.8 Å². The van der Waals surface area contributed by atoms with Crippen LogP contribution in [-0.2, 0) is 9.59 Å². The van der Waals surface area contributed by atoms with Crippen LogP contribution in [0.2, 0.25) is 0 Å². The quantitative estimate of drug-likeness (QED) is 0.801. The molecule has 2 N–H and O–H groups in total. The van der Waals surface area contributed by atoms with E-state index in [1.54, 1.807) is 0 Å². The van der Waals surface area contributed by atoms with E-state index in [0.29, 0.717) is 13.0 Å². The lowest BCUT2D eigenvalue weighted by Gasteiger charge is -2.36. The molecule has 1 aliphatic heterocycles. The standard InChI is InChI=1S/C14H23NO4/c1-14(2)10(11(14)13(18)19)12(17)15-7-4-3-5-9(15)6-8-16/h9-11,16H,3-8H2,1-2H3,(H,18,19). The average molecular weight is 269 g/mol. The monoisotopic (exact) mass is 269 g/mol. The Morgan fingerprint density at radius 3 is 2.47 bits per heavy atom. The molecule has 0 bridgehead atoms. The van der Waals surface area contributed by atoms with Gasteiger partial charge in [-0.15, -0.1) is 0 Å². The van der Waals surface area contributed by atoms with Gasteiger partial charge in [-0.05, 0) is 31.1 Å². The van der Waals surface area contributed by atoms with Crippen molar-refractivity contribution in [3.05, 3.63) is 0 Å². The number of carboxylic acid groups (broad SMARTS) is 1. The first-order chi connectivity index (χ1) is 8.91. The smallest absolute Gasteiger partial charge is 0.307 e. The van der Waals surface area contributed by atoms with Crippen LogP contribution in [0.3, 0.4) is 0 Å². The third kappa shape index (κ3) is 2.48. The van der Waals surface area contributed by atoms with Crippen molar-refractivity contribution in [2.24, 2.45) is 17.3 Å². The molecule has 2 aliphatic rings. The lowest BCUT2D eigenvalue weighted by atomic mass is 9.98. The number of rotatable bonds is 4. The number of carbonyl (C=O) groups excluding carboxylic acids is 1. The summed E-state index contributed by atoms with van der Waals surface area (Å²) in [6.07, 6.45) is 3.55. The largest absolute Gasteiger partial charge is 0.481 e. The van der Waals surface area contributed by atoms with Gasteiger partial charge in [0.15, 0.2) is 0 Å². The van der Waals surface area contributed by atoms with Gasteiger partial charge in [-0.3, -0.25) is 9.59 Å². The Hall–Kier alpha value is -1.10. The molecule has 0 aromatic rings. The predicted octanol–water partition coefficient (Wildman–Crippen LogP) is 1.11. The van der Waals surface area contributed by atoms with Crippen molar-refractivity contribution in [1.82, 2.24) is 4.90 Å². The normalized spacial score (nSPS) is 33.0. The topological polar surface area (TPSA) is 77.8 Å². The number of nitrogens with zero attached hydrogens (tertiary/aromatic N) is 1. The van der Waals surface area contributed by atoms with Gasteiger partial charge < -0.3 is 15.1 Å². The SMILES string of the molecule is CC1(C)C(C(=O)O)C1C(=O)N1CCCCC1CCO. The summed E-state index contributed by atoms with van der Waals surface area (Å²) in [4.78, 5) is 25.5. The molecule has 1 heterocycles. The van der Waals surface area contributed by atoms with Crippen LogP contribution in [0.1, 0.15) is 39.5 Å². The number of hydrogen-bond acceptors (Lipinski definition) is 3. The fraction of sp³-hybridized carbons (Fsp3) is 0.857. The van der Waals surface area contributed by atoms with E-state index in [4.69, 9.17) is 10.2 Å². The van der Waals surface area contributed by atoms with Gasteiger partial charge in [0.1, 0.15) is 0 Å². The van der Waals surface area contributed by atoms with E-state index in [-0.39, 0.29) is 18.6 Å². The van der Waals surface area contributed by atoms with Crippen molar-refractivity contribution >= 4 is 11.9 Å². The highest BCUT2D eigenvalue weighted by molar-refractivity contribution is 5.91. The van der Waals surface area contributed by atoms with Crippen LogP contribution in [0.5, 0.6) is 0 Å². The maximum Gasteiger partial charge on any atom is 0.307 e.